The zero-order valence-electron chi connectivity index (χ0n) is 14.1. The number of hydrogen-bond acceptors (Lipinski definition) is 3. The molecule has 1 aromatic carbocycles. The van der Waals surface area contributed by atoms with Crippen LogP contribution in [-0.2, 0) is 6.42 Å². The van der Waals surface area contributed by atoms with Gasteiger partial charge in [-0.05, 0) is 61.6 Å². The molecule has 1 aromatic heterocycles. The Kier molecular flexibility index (Phi) is 5.98. The molecular formula is C18H19ClF2N2O2S. The Morgan fingerprint density at radius 3 is 2.85 bits per heavy atom. The highest BCUT2D eigenvalue weighted by molar-refractivity contribution is 7.16. The average Bonchev–Trinajstić information content (AvgIpc) is 3.01. The molecule has 1 aliphatic carbocycles. The van der Waals surface area contributed by atoms with Crippen molar-refractivity contribution in [1.82, 2.24) is 10.6 Å². The lowest BCUT2D eigenvalue weighted by Crippen LogP contribution is -2.40. The first-order valence-corrected chi connectivity index (χ1v) is 9.51. The third-order valence-corrected chi connectivity index (χ3v) is 5.74. The summed E-state index contributed by atoms with van der Waals surface area (Å²) in [4.78, 5) is 13.3. The van der Waals surface area contributed by atoms with Gasteiger partial charge in [0.2, 0.25) is 0 Å². The van der Waals surface area contributed by atoms with Crippen LogP contribution in [0.4, 0.5) is 13.6 Å². The second-order valence-electron chi connectivity index (χ2n) is 6.17. The van der Waals surface area contributed by atoms with Crippen LogP contribution in [0.15, 0.2) is 30.3 Å². The SMILES string of the molecule is CC(NC(=O)NC1CCCc2cc(OC(F)F)ccc21)c1ccc(Cl)s1. The minimum atomic E-state index is -2.84. The van der Waals surface area contributed by atoms with Gasteiger partial charge < -0.3 is 15.4 Å². The number of hydrogen-bond donors (Lipinski definition) is 2. The molecule has 2 N–H and O–H groups in total. The maximum atomic E-state index is 12.4. The number of carbonyl (C=O) groups is 1. The van der Waals surface area contributed by atoms with Gasteiger partial charge in [-0.3, -0.25) is 0 Å². The molecule has 26 heavy (non-hydrogen) atoms. The lowest BCUT2D eigenvalue weighted by molar-refractivity contribution is -0.0499. The third-order valence-electron chi connectivity index (χ3n) is 4.33. The van der Waals surface area contributed by atoms with Crippen LogP contribution in [0.3, 0.4) is 0 Å². The van der Waals surface area contributed by atoms with Crippen LogP contribution in [0.25, 0.3) is 0 Å². The fourth-order valence-corrected chi connectivity index (χ4v) is 4.21. The minimum Gasteiger partial charge on any atom is -0.435 e. The average molecular weight is 401 g/mol. The molecule has 4 nitrogen and oxygen atoms in total. The fraction of sp³-hybridized carbons (Fsp3) is 0.389. The fourth-order valence-electron chi connectivity index (χ4n) is 3.15. The molecule has 0 bridgehead atoms. The molecule has 0 spiro atoms. The first-order chi connectivity index (χ1) is 12.4. The van der Waals surface area contributed by atoms with E-state index in [0.29, 0.717) is 4.34 Å². The highest BCUT2D eigenvalue weighted by Gasteiger charge is 2.23. The lowest BCUT2D eigenvalue weighted by atomic mass is 9.87. The summed E-state index contributed by atoms with van der Waals surface area (Å²) in [5.41, 5.74) is 1.87. The highest BCUT2D eigenvalue weighted by Crippen LogP contribution is 2.33. The molecule has 0 saturated heterocycles. The Labute approximate surface area is 159 Å². The zero-order valence-corrected chi connectivity index (χ0v) is 15.7. The zero-order chi connectivity index (χ0) is 18.7. The first kappa shape index (κ1) is 18.9. The summed E-state index contributed by atoms with van der Waals surface area (Å²) in [6, 6.07) is 8.00. The van der Waals surface area contributed by atoms with E-state index < -0.39 is 6.61 Å². The summed E-state index contributed by atoms with van der Waals surface area (Å²) in [7, 11) is 0. The number of fused-ring (bicyclic) bond motifs is 1. The quantitative estimate of drug-likeness (QED) is 0.702. The van der Waals surface area contributed by atoms with E-state index in [0.717, 1.165) is 35.3 Å². The van der Waals surface area contributed by atoms with Gasteiger partial charge in [-0.15, -0.1) is 11.3 Å². The minimum absolute atomic E-state index is 0.145. The van der Waals surface area contributed by atoms with Gasteiger partial charge in [-0.1, -0.05) is 17.7 Å². The number of nitrogens with one attached hydrogen (secondary N) is 2. The number of ether oxygens (including phenoxy) is 1. The number of alkyl halides is 2. The molecule has 8 heteroatoms. The molecule has 0 radical (unpaired) electrons. The number of halogens is 3. The van der Waals surface area contributed by atoms with Crippen LogP contribution in [0.5, 0.6) is 5.75 Å². The maximum Gasteiger partial charge on any atom is 0.387 e. The summed E-state index contributed by atoms with van der Waals surface area (Å²) in [6.45, 7) is -0.951. The standard InChI is InChI=1S/C18H19ClF2N2O2S/c1-10(15-7-8-16(19)26-15)22-18(24)23-14-4-2-3-11-9-12(25-17(20)21)5-6-13(11)14/h5-10,14,17H,2-4H2,1H3,(H2,22,23,24). The number of thiophene rings is 1. The Morgan fingerprint density at radius 2 is 2.15 bits per heavy atom. The molecule has 3 rings (SSSR count). The van der Waals surface area contributed by atoms with Gasteiger partial charge in [-0.2, -0.15) is 8.78 Å². The van der Waals surface area contributed by atoms with E-state index in [2.05, 4.69) is 15.4 Å². The first-order valence-electron chi connectivity index (χ1n) is 8.32. The number of amides is 2. The molecule has 1 aliphatic rings. The normalized spacial score (nSPS) is 17.5. The van der Waals surface area contributed by atoms with Crippen molar-refractivity contribution in [1.29, 1.82) is 0 Å². The molecular weight excluding hydrogens is 382 g/mol. The van der Waals surface area contributed by atoms with Gasteiger partial charge in [0, 0.05) is 4.88 Å². The number of benzene rings is 1. The van der Waals surface area contributed by atoms with Crippen molar-refractivity contribution < 1.29 is 18.3 Å². The molecule has 1 heterocycles. The second-order valence-corrected chi connectivity index (χ2v) is 7.91. The molecule has 140 valence electrons. The largest absolute Gasteiger partial charge is 0.435 e. The molecule has 2 atom stereocenters. The summed E-state index contributed by atoms with van der Waals surface area (Å²) in [5, 5.41) is 5.88. The molecule has 2 aromatic rings. The Hall–Kier alpha value is -1.86. The maximum absolute atomic E-state index is 12.4. The van der Waals surface area contributed by atoms with E-state index >= 15 is 0 Å². The topological polar surface area (TPSA) is 50.4 Å². The van der Waals surface area contributed by atoms with Crippen molar-refractivity contribution in [3.05, 3.63) is 50.7 Å². The summed E-state index contributed by atoms with van der Waals surface area (Å²) in [5.74, 6) is 0.145. The van der Waals surface area contributed by atoms with E-state index in [1.165, 1.54) is 17.4 Å². The van der Waals surface area contributed by atoms with Crippen LogP contribution in [0.2, 0.25) is 4.34 Å². The van der Waals surface area contributed by atoms with Crippen LogP contribution >= 0.6 is 22.9 Å². The number of carbonyl (C=O) groups excluding carboxylic acids is 1. The highest BCUT2D eigenvalue weighted by atomic mass is 35.5. The molecule has 0 fully saturated rings. The number of rotatable bonds is 5. The Morgan fingerprint density at radius 1 is 1.35 bits per heavy atom. The van der Waals surface area contributed by atoms with Crippen molar-refractivity contribution in [3.63, 3.8) is 0 Å². The van der Waals surface area contributed by atoms with Crippen LogP contribution in [0, 0.1) is 0 Å². The van der Waals surface area contributed by atoms with Gasteiger partial charge in [0.05, 0.1) is 16.4 Å². The van der Waals surface area contributed by atoms with Crippen molar-refractivity contribution in [2.45, 2.75) is 44.9 Å². The molecule has 2 amide bonds. The van der Waals surface area contributed by atoms with E-state index in [1.54, 1.807) is 18.2 Å². The van der Waals surface area contributed by atoms with Crippen LogP contribution in [-0.4, -0.2) is 12.6 Å². The van der Waals surface area contributed by atoms with Crippen LogP contribution < -0.4 is 15.4 Å². The van der Waals surface area contributed by atoms with Gasteiger partial charge in [0.15, 0.2) is 0 Å². The summed E-state index contributed by atoms with van der Waals surface area (Å²) >= 11 is 7.36. The lowest BCUT2D eigenvalue weighted by Gasteiger charge is -2.27. The smallest absolute Gasteiger partial charge is 0.387 e. The van der Waals surface area contributed by atoms with Crippen molar-refractivity contribution >= 4 is 29.0 Å². The molecule has 2 unspecified atom stereocenters. The summed E-state index contributed by atoms with van der Waals surface area (Å²) < 4.78 is 29.9. The molecule has 0 aliphatic heterocycles. The van der Waals surface area contributed by atoms with Crippen molar-refractivity contribution in [3.8, 4) is 5.75 Å². The van der Waals surface area contributed by atoms with Gasteiger partial charge in [-0.25, -0.2) is 4.79 Å². The van der Waals surface area contributed by atoms with Gasteiger partial charge in [0.1, 0.15) is 5.75 Å². The van der Waals surface area contributed by atoms with Gasteiger partial charge in [0.25, 0.3) is 0 Å². The monoisotopic (exact) mass is 400 g/mol. The predicted octanol–water partition coefficient (Wildman–Crippen LogP) is 5.44. The molecule has 0 saturated carbocycles. The van der Waals surface area contributed by atoms with E-state index in [-0.39, 0.29) is 23.9 Å². The van der Waals surface area contributed by atoms with E-state index in [4.69, 9.17) is 11.6 Å². The van der Waals surface area contributed by atoms with Crippen molar-refractivity contribution in [2.24, 2.45) is 0 Å². The number of aryl methyl sites for hydroxylation is 1. The number of urea groups is 1. The third kappa shape index (κ3) is 4.65. The summed E-state index contributed by atoms with van der Waals surface area (Å²) in [6.07, 6.45) is 2.44. The Bertz CT molecular complexity index is 784. The van der Waals surface area contributed by atoms with E-state index in [9.17, 15) is 13.6 Å². The Balaban J connectivity index is 1.64. The van der Waals surface area contributed by atoms with Crippen molar-refractivity contribution in [2.75, 3.05) is 0 Å². The second kappa shape index (κ2) is 8.22. The predicted molar refractivity (Wildman–Crippen MR) is 98.2 cm³/mol. The van der Waals surface area contributed by atoms with E-state index in [1.807, 2.05) is 13.0 Å². The van der Waals surface area contributed by atoms with Gasteiger partial charge >= 0.3 is 12.6 Å². The van der Waals surface area contributed by atoms with Crippen LogP contribution in [0.1, 0.15) is 47.9 Å².